The Bertz CT molecular complexity index is 1970. The van der Waals surface area contributed by atoms with Crippen molar-refractivity contribution in [2.24, 2.45) is 5.92 Å². The number of allylic oxidation sites excluding steroid dienone is 1. The van der Waals surface area contributed by atoms with Gasteiger partial charge in [0, 0.05) is 22.5 Å². The average Bonchev–Trinajstić information content (AvgIpc) is 3.88. The highest BCUT2D eigenvalue weighted by atomic mass is 79.9. The summed E-state index contributed by atoms with van der Waals surface area (Å²) in [6, 6.07) is 9.81. The zero-order valence-electron chi connectivity index (χ0n) is 27.5. The molecule has 1 aromatic heterocycles. The summed E-state index contributed by atoms with van der Waals surface area (Å²) in [5.41, 5.74) is -0.274. The number of hydrogen-bond donors (Lipinski definition) is 3. The number of benzene rings is 2. The summed E-state index contributed by atoms with van der Waals surface area (Å²) in [4.78, 5) is 48.5. The molecule has 3 fully saturated rings. The lowest BCUT2D eigenvalue weighted by Gasteiger charge is -2.30. The minimum atomic E-state index is -3.96. The number of halogens is 2. The molecule has 266 valence electrons. The number of nitrogens with zero attached hydrogens (tertiary/aromatic N) is 2. The molecule has 3 N–H and O–H groups in total. The molecule has 15 heteroatoms. The number of fused-ring (bicyclic) bond motifs is 3. The van der Waals surface area contributed by atoms with E-state index in [4.69, 9.17) is 4.74 Å². The average molecular weight is 789 g/mol. The van der Waals surface area contributed by atoms with Gasteiger partial charge in [0.25, 0.3) is 11.1 Å². The summed E-state index contributed by atoms with van der Waals surface area (Å²) in [6.45, 7) is 1.67. The van der Waals surface area contributed by atoms with Crippen molar-refractivity contribution in [2.75, 3.05) is 11.9 Å². The quantitative estimate of drug-likeness (QED) is 0.269. The number of carbonyl (C=O) groups excluding carboxylic acids is 3. The third kappa shape index (κ3) is 7.13. The molecule has 0 bridgehead atoms. The van der Waals surface area contributed by atoms with E-state index in [2.05, 4.69) is 36.3 Å². The minimum absolute atomic E-state index is 0.0765. The minimum Gasteiger partial charge on any atom is -0.465 e. The standard InChI is InChI=1S/C35H39BrFN5O6S2/c1-34(14-15-34)50(46,47)41-32(45)35-19-21(35)8-5-3-2-4-6-11-27(38-24-10-7-9-23(37)17-24)31(44)42-20-25(18-28(42)30(43)40-35)48-33-39-26-13-12-22(36)16-29(26)49-33/h5,7-10,12-13,16-17,21,25,27-28,38H,2-4,6,11,14-15,18-20H2,1H3,(H,40,43)(H,41,45)/b8-5-/t21-,25+,27-,28-,35+/m0/s1. The van der Waals surface area contributed by atoms with E-state index < -0.39 is 62.0 Å². The SMILES string of the molecule is CC1(S(=O)(=O)NC(=O)[C@@]23C[C@@H]2/C=C\CCCCC[C@H](Nc2cccc(F)c2)C(=O)N2C[C@H](Oc4nc5ccc(Br)cc5s4)C[C@H]2C(=O)N3)CC1. The molecular formula is C35H39BrFN5O6S2. The Morgan fingerprint density at radius 2 is 1.98 bits per heavy atom. The smallest absolute Gasteiger partial charge is 0.274 e. The number of aromatic nitrogens is 1. The lowest BCUT2D eigenvalue weighted by Crippen LogP contribution is -2.58. The molecule has 5 atom stereocenters. The first kappa shape index (κ1) is 34.9. The Morgan fingerprint density at radius 3 is 2.76 bits per heavy atom. The molecule has 2 aliphatic carbocycles. The van der Waals surface area contributed by atoms with E-state index in [1.807, 2.05) is 30.4 Å². The largest absolute Gasteiger partial charge is 0.465 e. The lowest BCUT2D eigenvalue weighted by atomic mass is 10.0. The van der Waals surface area contributed by atoms with Crippen LogP contribution < -0.4 is 20.1 Å². The second kappa shape index (κ2) is 13.5. The van der Waals surface area contributed by atoms with Gasteiger partial charge in [0.05, 0.1) is 21.5 Å². The number of amides is 3. The number of ether oxygens (including phenoxy) is 1. The van der Waals surface area contributed by atoms with Gasteiger partial charge in [-0.25, -0.2) is 17.8 Å². The van der Waals surface area contributed by atoms with Crippen LogP contribution >= 0.6 is 27.3 Å². The van der Waals surface area contributed by atoms with E-state index in [1.54, 1.807) is 19.1 Å². The molecule has 4 aliphatic rings. The normalized spacial score (nSPS) is 28.7. The number of rotatable bonds is 7. The Balaban J connectivity index is 1.19. The first-order valence-electron chi connectivity index (χ1n) is 17.0. The fourth-order valence-corrected chi connectivity index (χ4v) is 9.54. The van der Waals surface area contributed by atoms with Gasteiger partial charge in [-0.15, -0.1) is 0 Å². The lowest BCUT2D eigenvalue weighted by molar-refractivity contribution is -0.140. The van der Waals surface area contributed by atoms with Gasteiger partial charge in [-0.1, -0.05) is 58.3 Å². The van der Waals surface area contributed by atoms with Gasteiger partial charge < -0.3 is 20.3 Å². The van der Waals surface area contributed by atoms with Crippen LogP contribution in [-0.4, -0.2) is 71.0 Å². The maximum absolute atomic E-state index is 14.4. The van der Waals surface area contributed by atoms with Gasteiger partial charge in [0.2, 0.25) is 21.8 Å². The first-order chi connectivity index (χ1) is 23.9. The fraction of sp³-hybridized carbons (Fsp3) is 0.486. The van der Waals surface area contributed by atoms with Crippen LogP contribution in [-0.2, 0) is 24.4 Å². The molecular weight excluding hydrogens is 749 g/mol. The van der Waals surface area contributed by atoms with E-state index in [0.717, 1.165) is 34.0 Å². The van der Waals surface area contributed by atoms with E-state index in [0.29, 0.717) is 36.6 Å². The van der Waals surface area contributed by atoms with Gasteiger partial charge in [0.15, 0.2) is 0 Å². The van der Waals surface area contributed by atoms with Gasteiger partial charge in [-0.3, -0.25) is 19.1 Å². The van der Waals surface area contributed by atoms with Crippen LogP contribution in [0.2, 0.25) is 0 Å². The topological polar surface area (TPSA) is 147 Å². The van der Waals surface area contributed by atoms with Crippen LogP contribution in [0.5, 0.6) is 5.19 Å². The van der Waals surface area contributed by atoms with Crippen molar-refractivity contribution in [2.45, 2.75) is 93.2 Å². The van der Waals surface area contributed by atoms with Gasteiger partial charge in [0.1, 0.15) is 29.5 Å². The van der Waals surface area contributed by atoms with Gasteiger partial charge in [-0.2, -0.15) is 0 Å². The van der Waals surface area contributed by atoms with E-state index in [9.17, 15) is 27.2 Å². The second-order valence-electron chi connectivity index (χ2n) is 14.0. The number of thiazole rings is 1. The summed E-state index contributed by atoms with van der Waals surface area (Å²) in [7, 11) is -3.96. The first-order valence-corrected chi connectivity index (χ1v) is 20.1. The van der Waals surface area contributed by atoms with E-state index in [-0.39, 0.29) is 25.3 Å². The number of sulfonamides is 1. The van der Waals surface area contributed by atoms with Crippen molar-refractivity contribution in [3.05, 3.63) is 64.9 Å². The molecule has 0 radical (unpaired) electrons. The van der Waals surface area contributed by atoms with Crippen molar-refractivity contribution >= 4 is 70.9 Å². The van der Waals surface area contributed by atoms with Crippen molar-refractivity contribution in [1.82, 2.24) is 19.9 Å². The van der Waals surface area contributed by atoms with Crippen LogP contribution in [0.1, 0.15) is 64.7 Å². The molecule has 50 heavy (non-hydrogen) atoms. The summed E-state index contributed by atoms with van der Waals surface area (Å²) in [5, 5.41) is 6.51. The number of hydrogen-bond acceptors (Lipinski definition) is 9. The number of nitrogens with one attached hydrogen (secondary N) is 3. The van der Waals surface area contributed by atoms with Crippen molar-refractivity contribution in [3.8, 4) is 5.19 Å². The molecule has 7 rings (SSSR count). The summed E-state index contributed by atoms with van der Waals surface area (Å²) < 4.78 is 49.7. The Morgan fingerprint density at radius 1 is 1.16 bits per heavy atom. The molecule has 2 aliphatic heterocycles. The van der Waals surface area contributed by atoms with Crippen molar-refractivity contribution in [3.63, 3.8) is 0 Å². The molecule has 2 saturated carbocycles. The Kier molecular flexibility index (Phi) is 9.44. The maximum atomic E-state index is 14.4. The molecule has 3 heterocycles. The zero-order chi connectivity index (χ0) is 35.3. The highest BCUT2D eigenvalue weighted by Crippen LogP contribution is 2.47. The number of anilines is 1. The highest BCUT2D eigenvalue weighted by molar-refractivity contribution is 9.10. The molecule has 0 unspecified atom stereocenters. The van der Waals surface area contributed by atoms with Crippen LogP contribution in [0.25, 0.3) is 10.2 Å². The molecule has 1 saturated heterocycles. The fourth-order valence-electron chi connectivity index (χ4n) is 6.80. The van der Waals surface area contributed by atoms with Gasteiger partial charge >= 0.3 is 0 Å². The van der Waals surface area contributed by atoms with E-state index in [1.165, 1.54) is 28.4 Å². The molecule has 0 spiro atoms. The highest BCUT2D eigenvalue weighted by Gasteiger charge is 2.63. The molecule has 3 aromatic rings. The van der Waals surface area contributed by atoms with E-state index >= 15 is 0 Å². The second-order valence-corrected chi connectivity index (χ2v) is 18.1. The van der Waals surface area contributed by atoms with Crippen LogP contribution in [0.3, 0.4) is 0 Å². The third-order valence-electron chi connectivity index (χ3n) is 10.2. The zero-order valence-corrected chi connectivity index (χ0v) is 30.7. The summed E-state index contributed by atoms with van der Waals surface area (Å²) in [6.07, 6.45) is 8.08. The van der Waals surface area contributed by atoms with Crippen molar-refractivity contribution < 1.29 is 31.9 Å². The van der Waals surface area contributed by atoms with Gasteiger partial charge in [-0.05, 0) is 81.8 Å². The number of carbonyl (C=O) groups is 3. The molecule has 3 amide bonds. The van der Waals surface area contributed by atoms with Crippen LogP contribution in [0.4, 0.5) is 10.1 Å². The molecule has 2 aromatic carbocycles. The molecule has 11 nitrogen and oxygen atoms in total. The Labute approximate surface area is 302 Å². The maximum Gasteiger partial charge on any atom is 0.274 e. The predicted octanol–water partition coefficient (Wildman–Crippen LogP) is 5.42. The third-order valence-corrected chi connectivity index (χ3v) is 13.8. The monoisotopic (exact) mass is 787 g/mol. The summed E-state index contributed by atoms with van der Waals surface area (Å²) in [5.74, 6) is -2.54. The predicted molar refractivity (Wildman–Crippen MR) is 192 cm³/mol. The van der Waals surface area contributed by atoms with Crippen LogP contribution in [0, 0.1) is 11.7 Å². The van der Waals surface area contributed by atoms with Crippen molar-refractivity contribution in [1.29, 1.82) is 0 Å². The Hall–Kier alpha value is -3.56. The van der Waals surface area contributed by atoms with Crippen LogP contribution in [0.15, 0.2) is 59.1 Å². The summed E-state index contributed by atoms with van der Waals surface area (Å²) >= 11 is 4.83.